The molecule has 0 radical (unpaired) electrons. The zero-order valence-corrected chi connectivity index (χ0v) is 16.9. The van der Waals surface area contributed by atoms with E-state index in [-0.39, 0.29) is 5.65 Å². The van der Waals surface area contributed by atoms with E-state index in [9.17, 15) is 18.0 Å². The van der Waals surface area contributed by atoms with E-state index < -0.39 is 23.6 Å². The first kappa shape index (κ1) is 20.5. The highest BCUT2D eigenvalue weighted by molar-refractivity contribution is 5.89. The molecule has 168 valence electrons. The van der Waals surface area contributed by atoms with Gasteiger partial charge in [-0.25, -0.2) is 14.3 Å². The molecular weight excluding hydrogens is 427 g/mol. The van der Waals surface area contributed by atoms with Crippen molar-refractivity contribution in [3.8, 4) is 0 Å². The molecule has 1 N–H and O–H groups in total. The van der Waals surface area contributed by atoms with Crippen LogP contribution in [0.4, 0.5) is 29.6 Å². The van der Waals surface area contributed by atoms with Crippen molar-refractivity contribution in [3.05, 3.63) is 42.4 Å². The summed E-state index contributed by atoms with van der Waals surface area (Å²) >= 11 is 0. The van der Waals surface area contributed by atoms with Gasteiger partial charge in [0.25, 0.3) is 0 Å². The van der Waals surface area contributed by atoms with Crippen LogP contribution in [0.2, 0.25) is 0 Å². The molecule has 1 spiro atoms. The number of halogens is 3. The van der Waals surface area contributed by atoms with Gasteiger partial charge in [-0.3, -0.25) is 4.90 Å². The summed E-state index contributed by atoms with van der Waals surface area (Å²) in [4.78, 5) is 17.4. The van der Waals surface area contributed by atoms with Crippen molar-refractivity contribution in [3.63, 3.8) is 0 Å². The quantitative estimate of drug-likeness (QED) is 0.653. The maximum Gasteiger partial charge on any atom is 0.434 e. The molecule has 1 aliphatic heterocycles. The molecule has 2 aliphatic rings. The lowest BCUT2D eigenvalue weighted by atomic mass is 9.78. The molecule has 12 heteroatoms. The van der Waals surface area contributed by atoms with Crippen molar-refractivity contribution >= 4 is 23.4 Å². The van der Waals surface area contributed by atoms with Crippen LogP contribution in [0.3, 0.4) is 0 Å². The zero-order chi connectivity index (χ0) is 22.3. The number of hydrogen-bond acceptors (Lipinski definition) is 7. The van der Waals surface area contributed by atoms with Gasteiger partial charge in [-0.2, -0.15) is 18.3 Å². The summed E-state index contributed by atoms with van der Waals surface area (Å²) in [7, 11) is 0. The summed E-state index contributed by atoms with van der Waals surface area (Å²) in [6.07, 6.45) is 0.662. The monoisotopic (exact) mass is 447 g/mol. The third kappa shape index (κ3) is 3.92. The Balaban J connectivity index is 1.17. The van der Waals surface area contributed by atoms with Gasteiger partial charge in [-0.1, -0.05) is 0 Å². The van der Waals surface area contributed by atoms with E-state index in [0.717, 1.165) is 36.4 Å². The van der Waals surface area contributed by atoms with Crippen molar-refractivity contribution in [2.45, 2.75) is 37.5 Å². The number of nitrogens with zero attached hydrogens (tertiary/aromatic N) is 6. The predicted molar refractivity (Wildman–Crippen MR) is 107 cm³/mol. The average molecular weight is 447 g/mol. The van der Waals surface area contributed by atoms with Crippen molar-refractivity contribution in [2.24, 2.45) is 5.92 Å². The maximum atomic E-state index is 12.8. The smallest absolute Gasteiger partial charge is 0.434 e. The lowest BCUT2D eigenvalue weighted by Gasteiger charge is -2.35. The number of rotatable bonds is 4. The number of imidazole rings is 1. The van der Waals surface area contributed by atoms with E-state index in [1.807, 2.05) is 0 Å². The minimum Gasteiger partial charge on any atom is -0.441 e. The second-order valence-corrected chi connectivity index (χ2v) is 8.19. The lowest BCUT2D eigenvalue weighted by molar-refractivity contribution is -0.140. The fraction of sp³-hybridized carbons (Fsp3) is 0.450. The van der Waals surface area contributed by atoms with Gasteiger partial charge in [-0.05, 0) is 55.9 Å². The van der Waals surface area contributed by atoms with E-state index in [1.165, 1.54) is 11.0 Å². The van der Waals surface area contributed by atoms with Crippen LogP contribution in [-0.4, -0.2) is 49.6 Å². The largest absolute Gasteiger partial charge is 0.441 e. The van der Waals surface area contributed by atoms with Crippen LogP contribution in [0.5, 0.6) is 0 Å². The number of amides is 1. The van der Waals surface area contributed by atoms with Gasteiger partial charge in [0.1, 0.15) is 11.4 Å². The number of aromatic nitrogens is 5. The molecule has 1 saturated heterocycles. The molecule has 5 rings (SSSR count). The summed E-state index contributed by atoms with van der Waals surface area (Å²) in [5, 5.41) is 15.2. The Labute approximate surface area is 180 Å². The molecule has 9 nitrogen and oxygen atoms in total. The molecule has 1 amide bonds. The molecule has 0 atom stereocenters. The number of nitrogens with one attached hydrogen (secondary N) is 1. The standard InChI is InChI=1S/C20H20F3N7O2/c21-20(22,23)14-11-30-16(26-14)4-3-15(28-30)24-10-13-5-7-19(8-6-13)12-29(18(31)32-19)17-2-1-9-25-27-17/h1-4,9,11,13H,5-8,10,12H2,(H,24,28). The molecule has 1 aliphatic carbocycles. The normalized spacial score (nSPS) is 23.7. The average Bonchev–Trinajstić information content (AvgIpc) is 3.35. The van der Waals surface area contributed by atoms with Gasteiger partial charge in [0, 0.05) is 12.7 Å². The van der Waals surface area contributed by atoms with E-state index in [2.05, 4.69) is 25.6 Å². The first-order valence-corrected chi connectivity index (χ1v) is 10.3. The Kier molecular flexibility index (Phi) is 4.86. The van der Waals surface area contributed by atoms with Crippen molar-refractivity contribution in [2.75, 3.05) is 23.3 Å². The van der Waals surface area contributed by atoms with Gasteiger partial charge in [0.15, 0.2) is 17.2 Å². The van der Waals surface area contributed by atoms with Crippen LogP contribution in [0.1, 0.15) is 31.4 Å². The van der Waals surface area contributed by atoms with Crippen LogP contribution in [0.15, 0.2) is 36.7 Å². The molecule has 0 bridgehead atoms. The van der Waals surface area contributed by atoms with E-state index >= 15 is 0 Å². The fourth-order valence-corrected chi connectivity index (χ4v) is 4.27. The third-order valence-corrected chi connectivity index (χ3v) is 6.00. The molecule has 3 aromatic heterocycles. The van der Waals surface area contributed by atoms with E-state index in [0.29, 0.717) is 30.6 Å². The summed E-state index contributed by atoms with van der Waals surface area (Å²) in [5.41, 5.74) is -1.35. The van der Waals surface area contributed by atoms with Crippen LogP contribution in [0.25, 0.3) is 5.65 Å². The SMILES string of the molecule is O=C1OC2(CCC(CNc3ccc4nc(C(F)(F)F)cn4n3)CC2)CN1c1cccnn1. The van der Waals surface area contributed by atoms with Crippen LogP contribution >= 0.6 is 0 Å². The highest BCUT2D eigenvalue weighted by Crippen LogP contribution is 2.40. The van der Waals surface area contributed by atoms with Crippen LogP contribution in [0, 0.1) is 5.92 Å². The van der Waals surface area contributed by atoms with Gasteiger partial charge >= 0.3 is 12.3 Å². The molecule has 3 aromatic rings. The van der Waals surface area contributed by atoms with Crippen molar-refractivity contribution < 1.29 is 22.7 Å². The zero-order valence-electron chi connectivity index (χ0n) is 16.9. The molecule has 0 aromatic carbocycles. The minimum atomic E-state index is -4.51. The number of carbonyl (C=O) groups excluding carboxylic acids is 1. The van der Waals surface area contributed by atoms with Crippen LogP contribution < -0.4 is 10.2 Å². The van der Waals surface area contributed by atoms with Gasteiger partial charge in [0.05, 0.1) is 12.7 Å². The second-order valence-electron chi connectivity index (χ2n) is 8.19. The number of fused-ring (bicyclic) bond motifs is 1. The molecule has 2 fully saturated rings. The first-order valence-electron chi connectivity index (χ1n) is 10.3. The minimum absolute atomic E-state index is 0.137. The number of ether oxygens (including phenoxy) is 1. The predicted octanol–water partition coefficient (Wildman–Crippen LogP) is 3.54. The summed E-state index contributed by atoms with van der Waals surface area (Å²) in [6.45, 7) is 1.07. The van der Waals surface area contributed by atoms with Gasteiger partial charge in [0.2, 0.25) is 0 Å². The number of hydrogen-bond donors (Lipinski definition) is 1. The summed E-state index contributed by atoms with van der Waals surface area (Å²) in [5.74, 6) is 1.29. The Morgan fingerprint density at radius 2 is 2.03 bits per heavy atom. The van der Waals surface area contributed by atoms with Gasteiger partial charge < -0.3 is 10.1 Å². The third-order valence-electron chi connectivity index (χ3n) is 6.00. The number of carbonyl (C=O) groups is 1. The maximum absolute atomic E-state index is 12.8. The van der Waals surface area contributed by atoms with Crippen molar-refractivity contribution in [1.29, 1.82) is 0 Å². The Morgan fingerprint density at radius 3 is 2.75 bits per heavy atom. The topological polar surface area (TPSA) is 97.5 Å². The second kappa shape index (κ2) is 7.61. The van der Waals surface area contributed by atoms with E-state index in [4.69, 9.17) is 4.74 Å². The Hall–Kier alpha value is -3.44. The van der Waals surface area contributed by atoms with Gasteiger partial charge in [-0.15, -0.1) is 10.2 Å². The Morgan fingerprint density at radius 1 is 1.22 bits per heavy atom. The highest BCUT2D eigenvalue weighted by atomic mass is 19.4. The molecule has 1 saturated carbocycles. The molecule has 32 heavy (non-hydrogen) atoms. The van der Waals surface area contributed by atoms with Crippen LogP contribution in [-0.2, 0) is 10.9 Å². The Bertz CT molecular complexity index is 1130. The first-order chi connectivity index (χ1) is 15.3. The molecule has 4 heterocycles. The van der Waals surface area contributed by atoms with Crippen molar-refractivity contribution in [1.82, 2.24) is 24.8 Å². The summed E-state index contributed by atoms with van der Waals surface area (Å²) < 4.78 is 45.3. The van der Waals surface area contributed by atoms with E-state index in [1.54, 1.807) is 24.4 Å². The summed E-state index contributed by atoms with van der Waals surface area (Å²) in [6, 6.07) is 6.57. The highest BCUT2D eigenvalue weighted by Gasteiger charge is 2.48. The molecule has 0 unspecified atom stereocenters. The number of anilines is 2. The lowest BCUT2D eigenvalue weighted by Crippen LogP contribution is -2.39. The fourth-order valence-electron chi connectivity index (χ4n) is 4.27. The number of alkyl halides is 3. The molecular formula is C20H20F3N7O2.